The Balaban J connectivity index is 2.04. The highest BCUT2D eigenvalue weighted by molar-refractivity contribution is 5.87. The van der Waals surface area contributed by atoms with E-state index in [1.165, 1.54) is 12.8 Å². The standard InChI is InChI=1S/C25H40N2O2/c1-23(2,3)17-13-16(14-18(21(17)28)24(4,5)6)15-27-20-12-10-9-11-19(20)26-25(7,8)22(27)29/h13-14,19-20,26,28H,9-12,15H2,1-8H3/t19-,20+/m1/s1. The van der Waals surface area contributed by atoms with E-state index < -0.39 is 5.54 Å². The summed E-state index contributed by atoms with van der Waals surface area (Å²) in [6, 6.07) is 4.86. The van der Waals surface area contributed by atoms with Gasteiger partial charge in [-0.3, -0.25) is 10.1 Å². The predicted molar refractivity (Wildman–Crippen MR) is 119 cm³/mol. The molecule has 4 heteroatoms. The Hall–Kier alpha value is -1.55. The molecule has 0 radical (unpaired) electrons. The molecule has 1 aromatic carbocycles. The van der Waals surface area contributed by atoms with Crippen molar-refractivity contribution >= 4 is 5.91 Å². The lowest BCUT2D eigenvalue weighted by molar-refractivity contribution is -0.147. The van der Waals surface area contributed by atoms with E-state index in [4.69, 9.17) is 0 Å². The summed E-state index contributed by atoms with van der Waals surface area (Å²) in [5, 5.41) is 14.6. The summed E-state index contributed by atoms with van der Waals surface area (Å²) in [5.41, 5.74) is 2.17. The molecule has 3 rings (SSSR count). The van der Waals surface area contributed by atoms with Crippen molar-refractivity contribution in [3.8, 4) is 5.75 Å². The number of phenols is 1. The van der Waals surface area contributed by atoms with E-state index in [0.717, 1.165) is 29.5 Å². The second-order valence-corrected chi connectivity index (χ2v) is 11.7. The van der Waals surface area contributed by atoms with Crippen LogP contribution in [0.25, 0.3) is 0 Å². The second kappa shape index (κ2) is 7.30. The predicted octanol–water partition coefficient (Wildman–Crippen LogP) is 5.01. The summed E-state index contributed by atoms with van der Waals surface area (Å²) < 4.78 is 0. The zero-order valence-corrected chi connectivity index (χ0v) is 19.6. The van der Waals surface area contributed by atoms with Crippen LogP contribution in [0.2, 0.25) is 0 Å². The van der Waals surface area contributed by atoms with Crippen LogP contribution in [0.3, 0.4) is 0 Å². The minimum Gasteiger partial charge on any atom is -0.507 e. The number of nitrogens with one attached hydrogen (secondary N) is 1. The monoisotopic (exact) mass is 400 g/mol. The normalized spacial score (nSPS) is 25.1. The number of fused-ring (bicyclic) bond motifs is 1. The number of carbonyl (C=O) groups excluding carboxylic acids is 1. The Labute approximate surface area is 177 Å². The van der Waals surface area contributed by atoms with Gasteiger partial charge in [0.05, 0.1) is 5.54 Å². The molecule has 0 unspecified atom stereocenters. The molecule has 29 heavy (non-hydrogen) atoms. The number of piperazine rings is 1. The minimum atomic E-state index is -0.533. The molecule has 2 aliphatic rings. The number of carbonyl (C=O) groups is 1. The van der Waals surface area contributed by atoms with E-state index in [-0.39, 0.29) is 22.8 Å². The zero-order valence-electron chi connectivity index (χ0n) is 19.6. The first-order valence-electron chi connectivity index (χ1n) is 11.2. The van der Waals surface area contributed by atoms with E-state index in [1.54, 1.807) is 0 Å². The fourth-order valence-electron chi connectivity index (χ4n) is 5.00. The lowest BCUT2D eigenvalue weighted by atomic mass is 9.78. The molecule has 2 fully saturated rings. The van der Waals surface area contributed by atoms with Gasteiger partial charge in [-0.2, -0.15) is 0 Å². The molecule has 1 amide bonds. The Bertz CT molecular complexity index is 748. The third kappa shape index (κ3) is 4.33. The third-order valence-electron chi connectivity index (χ3n) is 6.61. The molecular weight excluding hydrogens is 360 g/mol. The molecule has 1 aliphatic carbocycles. The van der Waals surface area contributed by atoms with Gasteiger partial charge in [0.15, 0.2) is 0 Å². The van der Waals surface area contributed by atoms with Crippen LogP contribution in [0.5, 0.6) is 5.75 Å². The summed E-state index contributed by atoms with van der Waals surface area (Å²) >= 11 is 0. The number of hydrogen-bond acceptors (Lipinski definition) is 3. The van der Waals surface area contributed by atoms with Crippen LogP contribution in [0.15, 0.2) is 12.1 Å². The van der Waals surface area contributed by atoms with Crippen molar-refractivity contribution in [2.45, 2.75) is 116 Å². The molecule has 4 nitrogen and oxygen atoms in total. The molecule has 1 heterocycles. The second-order valence-electron chi connectivity index (χ2n) is 11.7. The SMILES string of the molecule is CC1(C)N[C@@H]2CCCC[C@@H]2N(Cc2cc(C(C)(C)C)c(O)c(C(C)(C)C)c2)C1=O. The molecule has 1 aromatic rings. The van der Waals surface area contributed by atoms with E-state index in [2.05, 4.69) is 63.9 Å². The molecule has 0 aromatic heterocycles. The molecule has 1 saturated carbocycles. The van der Waals surface area contributed by atoms with Gasteiger partial charge in [0, 0.05) is 18.6 Å². The van der Waals surface area contributed by atoms with Gasteiger partial charge < -0.3 is 10.0 Å². The summed E-state index contributed by atoms with van der Waals surface area (Å²) in [6.07, 6.45) is 4.61. The number of amides is 1. The summed E-state index contributed by atoms with van der Waals surface area (Å²) in [6.45, 7) is 17.4. The Morgan fingerprint density at radius 1 is 1.03 bits per heavy atom. The summed E-state index contributed by atoms with van der Waals surface area (Å²) in [5.74, 6) is 0.583. The van der Waals surface area contributed by atoms with Crippen LogP contribution in [0.1, 0.15) is 97.8 Å². The maximum atomic E-state index is 13.4. The average molecular weight is 401 g/mol. The molecule has 1 aliphatic heterocycles. The van der Waals surface area contributed by atoms with E-state index in [9.17, 15) is 9.90 Å². The van der Waals surface area contributed by atoms with Gasteiger partial charge in [0.25, 0.3) is 0 Å². The van der Waals surface area contributed by atoms with Gasteiger partial charge in [-0.25, -0.2) is 0 Å². The van der Waals surface area contributed by atoms with Gasteiger partial charge in [0.1, 0.15) is 5.75 Å². The van der Waals surface area contributed by atoms with Gasteiger partial charge in [-0.05, 0) is 66.3 Å². The maximum absolute atomic E-state index is 13.4. The van der Waals surface area contributed by atoms with Crippen molar-refractivity contribution in [2.75, 3.05) is 0 Å². The van der Waals surface area contributed by atoms with Crippen molar-refractivity contribution in [3.05, 3.63) is 28.8 Å². The quantitative estimate of drug-likeness (QED) is 0.734. The number of benzene rings is 1. The van der Waals surface area contributed by atoms with Crippen molar-refractivity contribution in [3.63, 3.8) is 0 Å². The molecule has 2 N–H and O–H groups in total. The average Bonchev–Trinajstić information content (AvgIpc) is 2.57. The topological polar surface area (TPSA) is 52.6 Å². The minimum absolute atomic E-state index is 0.166. The lowest BCUT2D eigenvalue weighted by Crippen LogP contribution is -2.70. The first-order chi connectivity index (χ1) is 13.2. The van der Waals surface area contributed by atoms with Crippen molar-refractivity contribution in [2.24, 2.45) is 0 Å². The van der Waals surface area contributed by atoms with Gasteiger partial charge in [-0.1, -0.05) is 54.4 Å². The Kier molecular flexibility index (Phi) is 5.57. The van der Waals surface area contributed by atoms with Crippen molar-refractivity contribution in [1.29, 1.82) is 0 Å². The van der Waals surface area contributed by atoms with Crippen molar-refractivity contribution in [1.82, 2.24) is 10.2 Å². The van der Waals surface area contributed by atoms with Crippen LogP contribution in [0, 0.1) is 0 Å². The number of phenolic OH excluding ortho intramolecular Hbond substituents is 1. The van der Waals surface area contributed by atoms with E-state index in [0.29, 0.717) is 18.3 Å². The number of aromatic hydroxyl groups is 1. The van der Waals surface area contributed by atoms with E-state index in [1.807, 2.05) is 13.8 Å². The Morgan fingerprint density at radius 3 is 2.07 bits per heavy atom. The largest absolute Gasteiger partial charge is 0.507 e. The van der Waals surface area contributed by atoms with E-state index >= 15 is 0 Å². The molecule has 162 valence electrons. The maximum Gasteiger partial charge on any atom is 0.242 e. The van der Waals surface area contributed by atoms with Crippen LogP contribution >= 0.6 is 0 Å². The number of rotatable bonds is 2. The summed E-state index contributed by atoms with van der Waals surface area (Å²) in [4.78, 5) is 15.5. The molecule has 2 atom stereocenters. The van der Waals surface area contributed by atoms with Crippen LogP contribution in [-0.2, 0) is 22.2 Å². The molecular formula is C25H40N2O2. The van der Waals surface area contributed by atoms with Gasteiger partial charge in [0.2, 0.25) is 5.91 Å². The zero-order chi connectivity index (χ0) is 21.8. The molecule has 0 bridgehead atoms. The fourth-order valence-corrected chi connectivity index (χ4v) is 5.00. The first-order valence-corrected chi connectivity index (χ1v) is 11.2. The fraction of sp³-hybridized carbons (Fsp3) is 0.720. The number of hydrogen-bond donors (Lipinski definition) is 2. The highest BCUT2D eigenvalue weighted by Gasteiger charge is 2.46. The van der Waals surface area contributed by atoms with Gasteiger partial charge >= 0.3 is 0 Å². The Morgan fingerprint density at radius 2 is 1.55 bits per heavy atom. The van der Waals surface area contributed by atoms with Crippen LogP contribution < -0.4 is 5.32 Å². The summed E-state index contributed by atoms with van der Waals surface area (Å²) in [7, 11) is 0. The third-order valence-corrected chi connectivity index (χ3v) is 6.61. The van der Waals surface area contributed by atoms with Crippen molar-refractivity contribution < 1.29 is 9.90 Å². The van der Waals surface area contributed by atoms with Crippen LogP contribution in [-0.4, -0.2) is 33.5 Å². The highest BCUT2D eigenvalue weighted by atomic mass is 16.3. The lowest BCUT2D eigenvalue weighted by Gasteiger charge is -2.50. The molecule has 1 saturated heterocycles. The highest BCUT2D eigenvalue weighted by Crippen LogP contribution is 2.41. The number of nitrogens with zero attached hydrogens (tertiary/aromatic N) is 1. The smallest absolute Gasteiger partial charge is 0.242 e. The van der Waals surface area contributed by atoms with Gasteiger partial charge in [-0.15, -0.1) is 0 Å². The van der Waals surface area contributed by atoms with Crippen LogP contribution in [0.4, 0.5) is 0 Å². The first kappa shape index (κ1) is 22.1. The molecule has 0 spiro atoms.